The number of likely N-dealkylation sites (tertiary alicyclic amines) is 1. The van der Waals surface area contributed by atoms with E-state index in [4.69, 9.17) is 10.5 Å². The second-order valence-electron chi connectivity index (χ2n) is 13.8. The van der Waals surface area contributed by atoms with E-state index in [2.05, 4.69) is 20.4 Å². The monoisotopic (exact) mass is 657 g/mol. The van der Waals surface area contributed by atoms with Crippen molar-refractivity contribution in [2.45, 2.75) is 90.3 Å². The predicted octanol–water partition coefficient (Wildman–Crippen LogP) is 4.67. The zero-order valence-electron chi connectivity index (χ0n) is 27.5. The molecule has 2 fully saturated rings. The Morgan fingerprint density at radius 1 is 1.09 bits per heavy atom. The summed E-state index contributed by atoms with van der Waals surface area (Å²) in [6, 6.07) is 10.2. The standard InChI is InChI=1S/C35H43N7O4S/c1-20(22-6-8-23(9-7-22)31-21(2)38-19-47-31)40-33(44)29-15-27(43)18-41(29)34(45)32(35(3,4)5)42-17-25(16-39-42)24-10-11-37-30(12-24)46-28-13-26(36)14-28/h6-12,16-17,19-20,26-29,32,43H,13-15,18,36H2,1-5H3,(H,40,44)/t20-,26?,27+,28?,29-,32+/m0/s1. The molecule has 11 nitrogen and oxygen atoms in total. The number of carbonyl (C=O) groups is 2. The Kier molecular flexibility index (Phi) is 9.19. The first-order chi connectivity index (χ1) is 22.4. The predicted molar refractivity (Wildman–Crippen MR) is 181 cm³/mol. The van der Waals surface area contributed by atoms with Gasteiger partial charge in [0.05, 0.1) is 34.4 Å². The van der Waals surface area contributed by atoms with E-state index in [0.29, 0.717) is 5.88 Å². The van der Waals surface area contributed by atoms with Crippen molar-refractivity contribution in [1.29, 1.82) is 0 Å². The number of β-amino-alcohol motifs (C(OH)–C–C–N with tert-alkyl or cyclic N) is 1. The summed E-state index contributed by atoms with van der Waals surface area (Å²) in [4.78, 5) is 39.3. The minimum Gasteiger partial charge on any atom is -0.474 e. The molecule has 4 atom stereocenters. The van der Waals surface area contributed by atoms with Crippen LogP contribution in [-0.4, -0.2) is 72.4 Å². The van der Waals surface area contributed by atoms with Crippen LogP contribution in [0.5, 0.6) is 5.88 Å². The third kappa shape index (κ3) is 7.09. The van der Waals surface area contributed by atoms with Gasteiger partial charge in [0.2, 0.25) is 17.7 Å². The second-order valence-corrected chi connectivity index (χ2v) is 14.7. The van der Waals surface area contributed by atoms with E-state index in [0.717, 1.165) is 45.7 Å². The van der Waals surface area contributed by atoms with Gasteiger partial charge in [-0.25, -0.2) is 9.97 Å². The van der Waals surface area contributed by atoms with Gasteiger partial charge >= 0.3 is 0 Å². The summed E-state index contributed by atoms with van der Waals surface area (Å²) in [5, 5.41) is 18.4. The van der Waals surface area contributed by atoms with Crippen molar-refractivity contribution in [3.63, 3.8) is 0 Å². The molecule has 3 aromatic heterocycles. The third-order valence-electron chi connectivity index (χ3n) is 9.05. The van der Waals surface area contributed by atoms with Crippen molar-refractivity contribution < 1.29 is 19.4 Å². The lowest BCUT2D eigenvalue weighted by molar-refractivity contribution is -0.144. The average Bonchev–Trinajstić information content (AvgIpc) is 3.76. The van der Waals surface area contributed by atoms with Gasteiger partial charge in [-0.3, -0.25) is 14.3 Å². The summed E-state index contributed by atoms with van der Waals surface area (Å²) < 4.78 is 7.64. The maximum absolute atomic E-state index is 14.3. The van der Waals surface area contributed by atoms with Gasteiger partial charge in [0.25, 0.3) is 0 Å². The fraction of sp³-hybridized carbons (Fsp3) is 0.457. The third-order valence-corrected chi connectivity index (χ3v) is 10.0. The van der Waals surface area contributed by atoms with Crippen molar-refractivity contribution in [3.8, 4) is 27.4 Å². The molecule has 1 aliphatic carbocycles. The second kappa shape index (κ2) is 13.2. The number of nitrogens with zero attached hydrogens (tertiary/aromatic N) is 5. The summed E-state index contributed by atoms with van der Waals surface area (Å²) in [6.07, 6.45) is 6.30. The highest BCUT2D eigenvalue weighted by molar-refractivity contribution is 7.13. The number of amides is 2. The van der Waals surface area contributed by atoms with Gasteiger partial charge in [0.15, 0.2) is 0 Å². The number of carbonyl (C=O) groups excluding carboxylic acids is 2. The average molecular weight is 658 g/mol. The molecular formula is C35H43N7O4S. The number of aromatic nitrogens is 4. The maximum atomic E-state index is 14.3. The molecule has 0 spiro atoms. The van der Waals surface area contributed by atoms with E-state index < -0.39 is 23.6 Å². The number of pyridine rings is 1. The van der Waals surface area contributed by atoms with Gasteiger partial charge in [0.1, 0.15) is 18.2 Å². The zero-order valence-corrected chi connectivity index (χ0v) is 28.3. The number of hydrogen-bond acceptors (Lipinski definition) is 9. The number of benzene rings is 1. The lowest BCUT2D eigenvalue weighted by atomic mass is 9.85. The molecular weight excluding hydrogens is 614 g/mol. The van der Waals surface area contributed by atoms with Crippen LogP contribution in [0.4, 0.5) is 0 Å². The molecule has 0 radical (unpaired) electrons. The molecule has 2 aliphatic rings. The molecule has 0 unspecified atom stereocenters. The van der Waals surface area contributed by atoms with Crippen LogP contribution in [0.1, 0.15) is 70.3 Å². The molecule has 248 valence electrons. The zero-order chi connectivity index (χ0) is 33.5. The van der Waals surface area contributed by atoms with E-state index in [1.807, 2.05) is 82.7 Å². The lowest BCUT2D eigenvalue weighted by Crippen LogP contribution is -2.50. The van der Waals surface area contributed by atoms with Crippen LogP contribution in [0, 0.1) is 12.3 Å². The SMILES string of the molecule is Cc1ncsc1-c1ccc([C@H](C)NC(=O)[C@@H]2C[C@@H](O)CN2C(=O)[C@@H](n2cc(-c3ccnc(OC4CC(N)C4)c3)cn2)C(C)(C)C)cc1. The van der Waals surface area contributed by atoms with Crippen LogP contribution in [-0.2, 0) is 9.59 Å². The minimum absolute atomic E-state index is 0.0707. The van der Waals surface area contributed by atoms with E-state index in [1.165, 1.54) is 4.90 Å². The number of nitrogens with two attached hydrogens (primary N) is 1. The molecule has 0 bridgehead atoms. The molecule has 47 heavy (non-hydrogen) atoms. The molecule has 4 heterocycles. The summed E-state index contributed by atoms with van der Waals surface area (Å²) in [6.45, 7) is 9.90. The number of aliphatic hydroxyl groups excluding tert-OH is 1. The first-order valence-electron chi connectivity index (χ1n) is 16.1. The fourth-order valence-electron chi connectivity index (χ4n) is 6.39. The van der Waals surface area contributed by atoms with E-state index >= 15 is 0 Å². The molecule has 1 saturated heterocycles. The Hall–Kier alpha value is -4.13. The van der Waals surface area contributed by atoms with Gasteiger partial charge < -0.3 is 25.8 Å². The molecule has 2 amide bonds. The Morgan fingerprint density at radius 2 is 1.83 bits per heavy atom. The molecule has 1 aliphatic heterocycles. The molecule has 6 rings (SSSR count). The highest BCUT2D eigenvalue weighted by Crippen LogP contribution is 2.36. The highest BCUT2D eigenvalue weighted by Gasteiger charge is 2.45. The number of ether oxygens (including phenoxy) is 1. The number of aryl methyl sites for hydroxylation is 1. The van der Waals surface area contributed by atoms with Crippen molar-refractivity contribution in [2.24, 2.45) is 11.1 Å². The highest BCUT2D eigenvalue weighted by atomic mass is 32.1. The lowest BCUT2D eigenvalue weighted by Gasteiger charge is -2.35. The summed E-state index contributed by atoms with van der Waals surface area (Å²) in [5.74, 6) is -0.0354. The number of thiazole rings is 1. The van der Waals surface area contributed by atoms with Crippen molar-refractivity contribution in [1.82, 2.24) is 30.0 Å². The van der Waals surface area contributed by atoms with Crippen molar-refractivity contribution >= 4 is 23.2 Å². The molecule has 1 aromatic carbocycles. The number of hydrogen-bond donors (Lipinski definition) is 3. The van der Waals surface area contributed by atoms with Crippen LogP contribution in [0.3, 0.4) is 0 Å². The number of rotatable bonds is 9. The Balaban J connectivity index is 1.17. The first-order valence-corrected chi connectivity index (χ1v) is 17.0. The summed E-state index contributed by atoms with van der Waals surface area (Å²) >= 11 is 1.60. The van der Waals surface area contributed by atoms with Crippen molar-refractivity contribution in [3.05, 3.63) is 71.8 Å². The first kappa shape index (κ1) is 32.8. The van der Waals surface area contributed by atoms with Crippen LogP contribution in [0.2, 0.25) is 0 Å². The Labute approximate surface area is 279 Å². The molecule has 4 aromatic rings. The van der Waals surface area contributed by atoms with E-state index in [1.54, 1.807) is 28.4 Å². The summed E-state index contributed by atoms with van der Waals surface area (Å²) in [7, 11) is 0. The minimum atomic E-state index is -0.807. The van der Waals surface area contributed by atoms with Gasteiger partial charge in [-0.1, -0.05) is 45.0 Å². The number of aliphatic hydroxyl groups is 1. The van der Waals surface area contributed by atoms with Gasteiger partial charge in [0, 0.05) is 43.0 Å². The fourth-order valence-corrected chi connectivity index (χ4v) is 7.21. The Bertz CT molecular complexity index is 1720. The van der Waals surface area contributed by atoms with Crippen LogP contribution < -0.4 is 15.8 Å². The molecule has 1 saturated carbocycles. The summed E-state index contributed by atoms with van der Waals surface area (Å²) in [5.41, 5.74) is 11.9. The van der Waals surface area contributed by atoms with E-state index in [-0.39, 0.29) is 43.0 Å². The van der Waals surface area contributed by atoms with Gasteiger partial charge in [-0.05, 0) is 54.9 Å². The quantitative estimate of drug-likeness (QED) is 0.235. The normalized spacial score (nSPS) is 22.4. The molecule has 12 heteroatoms. The topological polar surface area (TPSA) is 148 Å². The maximum Gasteiger partial charge on any atom is 0.248 e. The van der Waals surface area contributed by atoms with Crippen LogP contribution in [0.25, 0.3) is 21.6 Å². The van der Waals surface area contributed by atoms with Gasteiger partial charge in [-0.2, -0.15) is 5.10 Å². The van der Waals surface area contributed by atoms with Crippen LogP contribution in [0.15, 0.2) is 60.5 Å². The Morgan fingerprint density at radius 3 is 2.49 bits per heavy atom. The van der Waals surface area contributed by atoms with Crippen molar-refractivity contribution in [2.75, 3.05) is 6.54 Å². The smallest absolute Gasteiger partial charge is 0.248 e. The van der Waals surface area contributed by atoms with Gasteiger partial charge in [-0.15, -0.1) is 11.3 Å². The number of nitrogens with one attached hydrogen (secondary N) is 1. The largest absolute Gasteiger partial charge is 0.474 e. The van der Waals surface area contributed by atoms with Crippen LogP contribution >= 0.6 is 11.3 Å². The van der Waals surface area contributed by atoms with E-state index in [9.17, 15) is 14.7 Å². The molecule has 4 N–H and O–H groups in total.